The minimum Gasteiger partial charge on any atom is -0.346 e. The molecule has 0 unspecified atom stereocenters. The molecule has 2 N–H and O–H groups in total. The second-order valence-electron chi connectivity index (χ2n) is 1.96. The van der Waals surface area contributed by atoms with E-state index in [1.807, 2.05) is 24.1 Å². The van der Waals surface area contributed by atoms with Gasteiger partial charge in [0, 0.05) is 13.2 Å². The monoisotopic (exact) mass is 138 g/mol. The molecule has 0 saturated carbocycles. The Morgan fingerprint density at radius 3 is 3.00 bits per heavy atom. The van der Waals surface area contributed by atoms with Gasteiger partial charge in [-0.3, -0.25) is 0 Å². The second-order valence-corrected chi connectivity index (χ2v) is 1.96. The van der Waals surface area contributed by atoms with Gasteiger partial charge in [0.25, 0.3) is 0 Å². The third-order valence-corrected chi connectivity index (χ3v) is 1.22. The maximum absolute atomic E-state index is 5.36. The molecule has 0 aromatic carbocycles. The van der Waals surface area contributed by atoms with E-state index in [0.29, 0.717) is 6.67 Å². The van der Waals surface area contributed by atoms with E-state index < -0.39 is 0 Å². The Morgan fingerprint density at radius 1 is 1.70 bits per heavy atom. The van der Waals surface area contributed by atoms with Crippen molar-refractivity contribution in [3.63, 3.8) is 0 Å². The fourth-order valence-corrected chi connectivity index (χ4v) is 0.591. The lowest BCUT2D eigenvalue weighted by molar-refractivity contribution is 0.875. The molecule has 0 radical (unpaired) electrons. The number of rotatable bonds is 2. The molecular weight excluding hydrogens is 128 g/mol. The molecule has 0 aliphatic heterocycles. The highest BCUT2D eigenvalue weighted by atomic mass is 15.3. The van der Waals surface area contributed by atoms with Crippen LogP contribution < -0.4 is 10.6 Å². The predicted molar refractivity (Wildman–Crippen MR) is 39.5 cm³/mol. The average Bonchev–Trinajstić information content (AvgIpc) is 2.05. The summed E-state index contributed by atoms with van der Waals surface area (Å²) in [5, 5.41) is 7.55. The Bertz CT molecular complexity index is 186. The molecular formula is C6H10N4. The number of hydrogen-bond donors (Lipinski definition) is 1. The first-order chi connectivity index (χ1) is 4.84. The Balaban J connectivity index is 2.75. The Kier molecular flexibility index (Phi) is 2.17. The molecule has 0 aliphatic carbocycles. The van der Waals surface area contributed by atoms with E-state index in [2.05, 4.69) is 10.2 Å². The minimum absolute atomic E-state index is 0.457. The lowest BCUT2D eigenvalue weighted by Gasteiger charge is -2.12. The summed E-state index contributed by atoms with van der Waals surface area (Å²) in [6.45, 7) is 0.457. The second kappa shape index (κ2) is 3.12. The highest BCUT2D eigenvalue weighted by molar-refractivity contribution is 5.34. The van der Waals surface area contributed by atoms with Gasteiger partial charge in [0.15, 0.2) is 5.82 Å². The van der Waals surface area contributed by atoms with Gasteiger partial charge in [0.1, 0.15) is 0 Å². The number of hydrogen-bond acceptors (Lipinski definition) is 4. The van der Waals surface area contributed by atoms with Crippen molar-refractivity contribution in [2.24, 2.45) is 5.73 Å². The highest BCUT2D eigenvalue weighted by Crippen LogP contribution is 2.01. The van der Waals surface area contributed by atoms with Crippen LogP contribution in [0.5, 0.6) is 0 Å². The van der Waals surface area contributed by atoms with Crippen LogP contribution in [0.25, 0.3) is 0 Å². The van der Waals surface area contributed by atoms with E-state index >= 15 is 0 Å². The molecule has 0 aliphatic rings. The summed E-state index contributed by atoms with van der Waals surface area (Å²) in [5.74, 6) is 0.796. The third-order valence-electron chi connectivity index (χ3n) is 1.22. The van der Waals surface area contributed by atoms with Crippen LogP contribution in [0.1, 0.15) is 0 Å². The van der Waals surface area contributed by atoms with Crippen LogP contribution in [-0.4, -0.2) is 23.9 Å². The molecule has 0 saturated heterocycles. The van der Waals surface area contributed by atoms with Gasteiger partial charge in [0.2, 0.25) is 0 Å². The van der Waals surface area contributed by atoms with Gasteiger partial charge >= 0.3 is 0 Å². The SMILES string of the molecule is CN(CN)c1cccnn1. The predicted octanol–water partition coefficient (Wildman–Crippen LogP) is -0.171. The normalized spacial score (nSPS) is 9.40. The molecule has 0 amide bonds. The minimum atomic E-state index is 0.457. The van der Waals surface area contributed by atoms with Crippen LogP contribution in [0, 0.1) is 0 Å². The van der Waals surface area contributed by atoms with E-state index in [9.17, 15) is 0 Å². The van der Waals surface area contributed by atoms with Crippen molar-refractivity contribution in [1.29, 1.82) is 0 Å². The maximum atomic E-state index is 5.36. The molecule has 1 aromatic heterocycles. The van der Waals surface area contributed by atoms with E-state index in [-0.39, 0.29) is 0 Å². The standard InChI is InChI=1S/C6H10N4/c1-10(5-7)6-3-2-4-8-9-6/h2-4H,5,7H2,1H3. The lowest BCUT2D eigenvalue weighted by atomic mass is 10.5. The van der Waals surface area contributed by atoms with Gasteiger partial charge in [-0.25, -0.2) is 0 Å². The van der Waals surface area contributed by atoms with Crippen molar-refractivity contribution in [2.75, 3.05) is 18.6 Å². The summed E-state index contributed by atoms with van der Waals surface area (Å²) in [4.78, 5) is 1.81. The first-order valence-corrected chi connectivity index (χ1v) is 3.03. The third kappa shape index (κ3) is 1.41. The molecule has 0 bridgehead atoms. The molecule has 4 heteroatoms. The van der Waals surface area contributed by atoms with Crippen LogP contribution in [0.3, 0.4) is 0 Å². The fraction of sp³-hybridized carbons (Fsp3) is 0.333. The number of nitrogens with two attached hydrogens (primary N) is 1. The number of aromatic nitrogens is 2. The zero-order valence-corrected chi connectivity index (χ0v) is 5.86. The van der Waals surface area contributed by atoms with Gasteiger partial charge in [-0.1, -0.05) is 0 Å². The summed E-state index contributed by atoms with van der Waals surface area (Å²) in [7, 11) is 1.87. The Morgan fingerprint density at radius 2 is 2.50 bits per heavy atom. The maximum Gasteiger partial charge on any atom is 0.151 e. The zero-order chi connectivity index (χ0) is 7.40. The smallest absolute Gasteiger partial charge is 0.151 e. The summed E-state index contributed by atoms with van der Waals surface area (Å²) in [5.41, 5.74) is 5.36. The number of nitrogens with zero attached hydrogens (tertiary/aromatic N) is 3. The van der Waals surface area contributed by atoms with Crippen LogP contribution in [0.2, 0.25) is 0 Å². The number of anilines is 1. The van der Waals surface area contributed by atoms with Gasteiger partial charge < -0.3 is 10.6 Å². The fourth-order valence-electron chi connectivity index (χ4n) is 0.591. The molecule has 0 spiro atoms. The summed E-state index contributed by atoms with van der Waals surface area (Å²) >= 11 is 0. The first-order valence-electron chi connectivity index (χ1n) is 3.03. The molecule has 1 heterocycles. The Hall–Kier alpha value is -1.16. The topological polar surface area (TPSA) is 55.0 Å². The lowest BCUT2D eigenvalue weighted by Crippen LogP contribution is -2.25. The van der Waals surface area contributed by atoms with E-state index in [4.69, 9.17) is 5.73 Å². The van der Waals surface area contributed by atoms with Crippen molar-refractivity contribution >= 4 is 5.82 Å². The van der Waals surface area contributed by atoms with Gasteiger partial charge in [-0.15, -0.1) is 5.10 Å². The molecule has 0 fully saturated rings. The van der Waals surface area contributed by atoms with Crippen molar-refractivity contribution < 1.29 is 0 Å². The molecule has 10 heavy (non-hydrogen) atoms. The largest absolute Gasteiger partial charge is 0.346 e. The van der Waals surface area contributed by atoms with Crippen LogP contribution in [0.4, 0.5) is 5.82 Å². The van der Waals surface area contributed by atoms with E-state index in [0.717, 1.165) is 5.82 Å². The van der Waals surface area contributed by atoms with Crippen molar-refractivity contribution in [3.05, 3.63) is 18.3 Å². The highest BCUT2D eigenvalue weighted by Gasteiger charge is 1.95. The molecule has 0 atom stereocenters. The molecule has 4 nitrogen and oxygen atoms in total. The quantitative estimate of drug-likeness (QED) is 0.576. The van der Waals surface area contributed by atoms with E-state index in [1.54, 1.807) is 6.20 Å². The van der Waals surface area contributed by atoms with Crippen molar-refractivity contribution in [2.45, 2.75) is 0 Å². The van der Waals surface area contributed by atoms with Crippen molar-refractivity contribution in [1.82, 2.24) is 10.2 Å². The summed E-state index contributed by atoms with van der Waals surface area (Å²) < 4.78 is 0. The Labute approximate surface area is 59.7 Å². The van der Waals surface area contributed by atoms with Crippen molar-refractivity contribution in [3.8, 4) is 0 Å². The van der Waals surface area contributed by atoms with E-state index in [1.165, 1.54) is 0 Å². The van der Waals surface area contributed by atoms with Gasteiger partial charge in [-0.05, 0) is 12.1 Å². The summed E-state index contributed by atoms with van der Waals surface area (Å²) in [6, 6.07) is 3.69. The van der Waals surface area contributed by atoms with Crippen LogP contribution in [0.15, 0.2) is 18.3 Å². The van der Waals surface area contributed by atoms with Crippen LogP contribution in [-0.2, 0) is 0 Å². The molecule has 54 valence electrons. The zero-order valence-electron chi connectivity index (χ0n) is 5.86. The molecule has 1 aromatic rings. The van der Waals surface area contributed by atoms with Crippen LogP contribution >= 0.6 is 0 Å². The average molecular weight is 138 g/mol. The molecule has 1 rings (SSSR count). The first kappa shape index (κ1) is 6.95. The van der Waals surface area contributed by atoms with Gasteiger partial charge in [0.05, 0.1) is 6.67 Å². The van der Waals surface area contributed by atoms with Gasteiger partial charge in [-0.2, -0.15) is 5.10 Å². The summed E-state index contributed by atoms with van der Waals surface area (Å²) in [6.07, 6.45) is 1.63.